The fourth-order valence-electron chi connectivity index (χ4n) is 4.73. The van der Waals surface area contributed by atoms with E-state index in [1.165, 1.54) is 0 Å². The molecule has 2 fully saturated rings. The minimum atomic E-state index is -0.983. The van der Waals surface area contributed by atoms with Gasteiger partial charge in [-0.15, -0.1) is 0 Å². The van der Waals surface area contributed by atoms with E-state index in [1.807, 2.05) is 0 Å². The molecule has 2 unspecified atom stereocenters. The normalized spacial score (nSPS) is 22.9. The highest BCUT2D eigenvalue weighted by Crippen LogP contribution is 2.32. The number of anilines is 1. The van der Waals surface area contributed by atoms with Crippen LogP contribution in [0.1, 0.15) is 46.4 Å². The van der Waals surface area contributed by atoms with Crippen LogP contribution in [0, 0.1) is 0 Å². The molecule has 0 spiro atoms. The van der Waals surface area contributed by atoms with E-state index in [0.717, 1.165) is 37.4 Å². The molecule has 2 saturated heterocycles. The van der Waals surface area contributed by atoms with Crippen molar-refractivity contribution in [3.8, 4) is 0 Å². The number of carbonyl (C=O) groups is 4. The van der Waals surface area contributed by atoms with E-state index in [9.17, 15) is 19.2 Å². The van der Waals surface area contributed by atoms with Gasteiger partial charge in [-0.1, -0.05) is 6.07 Å². The molecule has 1 aromatic rings. The molecule has 0 radical (unpaired) electrons. The number of ether oxygens (including phenoxy) is 2. The number of nitrogens with zero attached hydrogens (tertiary/aromatic N) is 2. The second kappa shape index (κ2) is 11.7. The van der Waals surface area contributed by atoms with Crippen molar-refractivity contribution >= 4 is 29.3 Å². The van der Waals surface area contributed by atoms with E-state index in [0.29, 0.717) is 38.7 Å². The molecule has 0 bridgehead atoms. The van der Waals surface area contributed by atoms with Crippen LogP contribution in [0.3, 0.4) is 0 Å². The first-order valence-corrected chi connectivity index (χ1v) is 12.2. The average Bonchev–Trinajstić information content (AvgIpc) is 3.09. The van der Waals surface area contributed by atoms with Crippen LogP contribution in [0.25, 0.3) is 0 Å². The second-order valence-corrected chi connectivity index (χ2v) is 9.03. The summed E-state index contributed by atoms with van der Waals surface area (Å²) in [5.41, 5.74) is 6.98. The van der Waals surface area contributed by atoms with Crippen molar-refractivity contribution in [1.29, 1.82) is 0 Å². The SMILES string of the molecule is NC1CCCN(CCOCCOCCNc2cccc3c2C(=O)N(C2CCC(=O)NC2=O)C3=O)C1. The third kappa shape index (κ3) is 6.04. The summed E-state index contributed by atoms with van der Waals surface area (Å²) in [4.78, 5) is 52.9. The highest BCUT2D eigenvalue weighted by Gasteiger charge is 2.45. The maximum absolute atomic E-state index is 13.1. The first kappa shape index (κ1) is 25.2. The van der Waals surface area contributed by atoms with Gasteiger partial charge in [-0.3, -0.25) is 34.3 Å². The Labute approximate surface area is 204 Å². The van der Waals surface area contributed by atoms with Crippen LogP contribution in [0.2, 0.25) is 0 Å². The zero-order valence-electron chi connectivity index (χ0n) is 19.8. The van der Waals surface area contributed by atoms with E-state index < -0.39 is 29.7 Å². The highest BCUT2D eigenvalue weighted by atomic mass is 16.5. The van der Waals surface area contributed by atoms with Gasteiger partial charge >= 0.3 is 0 Å². The lowest BCUT2D eigenvalue weighted by atomic mass is 10.0. The maximum atomic E-state index is 13.1. The number of likely N-dealkylation sites (tertiary alicyclic amines) is 1. The molecule has 0 aromatic heterocycles. The molecule has 0 aliphatic carbocycles. The third-order valence-electron chi connectivity index (χ3n) is 6.50. The summed E-state index contributed by atoms with van der Waals surface area (Å²) >= 11 is 0. The number of piperidine rings is 2. The Hall–Kier alpha value is -2.86. The third-order valence-corrected chi connectivity index (χ3v) is 6.50. The van der Waals surface area contributed by atoms with E-state index in [1.54, 1.807) is 18.2 Å². The van der Waals surface area contributed by atoms with Gasteiger partial charge in [0.1, 0.15) is 6.04 Å². The van der Waals surface area contributed by atoms with Gasteiger partial charge in [0.25, 0.3) is 11.8 Å². The van der Waals surface area contributed by atoms with Crippen LogP contribution in [0.5, 0.6) is 0 Å². The molecular formula is C24H33N5O6. The van der Waals surface area contributed by atoms with E-state index in [-0.39, 0.29) is 30.0 Å². The average molecular weight is 488 g/mol. The number of nitrogens with one attached hydrogen (secondary N) is 2. The van der Waals surface area contributed by atoms with Crippen molar-refractivity contribution in [3.63, 3.8) is 0 Å². The zero-order chi connectivity index (χ0) is 24.8. The molecule has 190 valence electrons. The van der Waals surface area contributed by atoms with Crippen molar-refractivity contribution in [3.05, 3.63) is 29.3 Å². The summed E-state index contributed by atoms with van der Waals surface area (Å²) in [7, 11) is 0. The van der Waals surface area contributed by atoms with Crippen LogP contribution >= 0.6 is 0 Å². The second-order valence-electron chi connectivity index (χ2n) is 9.03. The first-order valence-electron chi connectivity index (χ1n) is 12.2. The van der Waals surface area contributed by atoms with Gasteiger partial charge in [0, 0.05) is 37.8 Å². The molecule has 3 aliphatic rings. The van der Waals surface area contributed by atoms with E-state index in [4.69, 9.17) is 15.2 Å². The van der Waals surface area contributed by atoms with Crippen molar-refractivity contribution in [2.45, 2.75) is 37.8 Å². The number of benzene rings is 1. The van der Waals surface area contributed by atoms with E-state index >= 15 is 0 Å². The maximum Gasteiger partial charge on any atom is 0.264 e. The Morgan fingerprint density at radius 2 is 1.83 bits per heavy atom. The number of rotatable bonds is 11. The molecule has 11 heteroatoms. The summed E-state index contributed by atoms with van der Waals surface area (Å²) < 4.78 is 11.2. The highest BCUT2D eigenvalue weighted by molar-refractivity contribution is 6.25. The lowest BCUT2D eigenvalue weighted by Crippen LogP contribution is -2.54. The lowest BCUT2D eigenvalue weighted by Gasteiger charge is -2.30. The molecule has 4 rings (SSSR count). The van der Waals surface area contributed by atoms with Crippen molar-refractivity contribution in [2.75, 3.05) is 57.9 Å². The number of hydrogen-bond acceptors (Lipinski definition) is 9. The van der Waals surface area contributed by atoms with Gasteiger partial charge in [0.2, 0.25) is 11.8 Å². The van der Waals surface area contributed by atoms with Gasteiger partial charge in [0.05, 0.1) is 37.6 Å². The minimum absolute atomic E-state index is 0.0857. The number of imide groups is 2. The van der Waals surface area contributed by atoms with Crippen LogP contribution in [0.15, 0.2) is 18.2 Å². The summed E-state index contributed by atoms with van der Waals surface area (Å²) in [6.07, 6.45) is 2.44. The molecule has 4 N–H and O–H groups in total. The summed E-state index contributed by atoms with van der Waals surface area (Å²) in [6.45, 7) is 5.29. The van der Waals surface area contributed by atoms with E-state index in [2.05, 4.69) is 15.5 Å². The number of hydrogen-bond donors (Lipinski definition) is 3. The fraction of sp³-hybridized carbons (Fsp3) is 0.583. The van der Waals surface area contributed by atoms with Gasteiger partial charge in [-0.2, -0.15) is 0 Å². The Bertz CT molecular complexity index is 970. The van der Waals surface area contributed by atoms with Gasteiger partial charge < -0.3 is 20.5 Å². The zero-order valence-corrected chi connectivity index (χ0v) is 19.8. The summed E-state index contributed by atoms with van der Waals surface area (Å²) in [5, 5.41) is 5.35. The Morgan fingerprint density at radius 1 is 1.03 bits per heavy atom. The van der Waals surface area contributed by atoms with Crippen LogP contribution in [0.4, 0.5) is 5.69 Å². The predicted molar refractivity (Wildman–Crippen MR) is 127 cm³/mol. The number of nitrogens with two attached hydrogens (primary N) is 1. The van der Waals surface area contributed by atoms with Gasteiger partial charge in [0.15, 0.2) is 0 Å². The van der Waals surface area contributed by atoms with Crippen LogP contribution < -0.4 is 16.4 Å². The first-order chi connectivity index (χ1) is 17.0. The van der Waals surface area contributed by atoms with Crippen molar-refractivity contribution < 1.29 is 28.7 Å². The van der Waals surface area contributed by atoms with Gasteiger partial charge in [-0.05, 0) is 37.9 Å². The molecule has 3 aliphatic heterocycles. The molecule has 11 nitrogen and oxygen atoms in total. The molecule has 1 aromatic carbocycles. The fourth-order valence-corrected chi connectivity index (χ4v) is 4.73. The topological polar surface area (TPSA) is 143 Å². The molecule has 4 amide bonds. The number of amides is 4. The summed E-state index contributed by atoms with van der Waals surface area (Å²) in [5.74, 6) is -2.09. The Morgan fingerprint density at radius 3 is 2.60 bits per heavy atom. The minimum Gasteiger partial charge on any atom is -0.382 e. The molecule has 0 saturated carbocycles. The Balaban J connectivity index is 1.19. The van der Waals surface area contributed by atoms with Crippen LogP contribution in [-0.4, -0.2) is 98.1 Å². The molecule has 35 heavy (non-hydrogen) atoms. The predicted octanol–water partition coefficient (Wildman–Crippen LogP) is -0.0440. The molecule has 2 atom stereocenters. The number of fused-ring (bicyclic) bond motifs is 1. The number of carbonyl (C=O) groups excluding carboxylic acids is 4. The summed E-state index contributed by atoms with van der Waals surface area (Å²) in [6, 6.07) is 4.25. The van der Waals surface area contributed by atoms with Gasteiger partial charge in [-0.25, -0.2) is 0 Å². The smallest absolute Gasteiger partial charge is 0.264 e. The molecule has 3 heterocycles. The quantitative estimate of drug-likeness (QED) is 0.289. The van der Waals surface area contributed by atoms with Crippen molar-refractivity contribution in [2.24, 2.45) is 5.73 Å². The lowest BCUT2D eigenvalue weighted by molar-refractivity contribution is -0.136. The van der Waals surface area contributed by atoms with Crippen LogP contribution in [-0.2, 0) is 19.1 Å². The molecular weight excluding hydrogens is 454 g/mol. The van der Waals surface area contributed by atoms with Crippen molar-refractivity contribution in [1.82, 2.24) is 15.1 Å². The standard InChI is InChI=1S/C24H33N5O6/c25-16-3-2-9-28(15-16)10-12-35-14-13-34-11-8-26-18-5-1-4-17-21(18)24(33)29(23(17)32)19-6-7-20(30)27-22(19)31/h1,4-5,16,19,26H,2-3,6-15,25H2,(H,27,30,31). The Kier molecular flexibility index (Phi) is 8.45. The largest absolute Gasteiger partial charge is 0.382 e. The monoisotopic (exact) mass is 487 g/mol.